The fourth-order valence-electron chi connectivity index (χ4n) is 3.89. The number of aromatic nitrogens is 5. The second kappa shape index (κ2) is 7.53. The Morgan fingerprint density at radius 1 is 1.10 bits per heavy atom. The van der Waals surface area contributed by atoms with Gasteiger partial charge in [-0.2, -0.15) is 0 Å². The molecular weight excluding hydrogens is 388 g/mol. The number of fused-ring (bicyclic) bond motifs is 2. The Morgan fingerprint density at radius 2 is 1.94 bits per heavy atom. The van der Waals surface area contributed by atoms with E-state index >= 15 is 0 Å². The van der Waals surface area contributed by atoms with Gasteiger partial charge >= 0.3 is 0 Å². The number of imidazole rings is 1. The fraction of sp³-hybridized carbons (Fsp3) is 0.0833. The molecular formula is C24H20N6O. The highest BCUT2D eigenvalue weighted by Crippen LogP contribution is 2.26. The minimum Gasteiger partial charge on any atom is -0.360 e. The molecule has 1 unspecified atom stereocenters. The maximum atomic E-state index is 13.7. The van der Waals surface area contributed by atoms with Crippen molar-refractivity contribution in [3.63, 3.8) is 0 Å². The Hall–Kier alpha value is -4.26. The summed E-state index contributed by atoms with van der Waals surface area (Å²) < 4.78 is 1.75. The third kappa shape index (κ3) is 3.16. The first-order chi connectivity index (χ1) is 15.2. The number of pyridine rings is 1. The van der Waals surface area contributed by atoms with Crippen molar-refractivity contribution in [3.05, 3.63) is 95.4 Å². The molecule has 0 bridgehead atoms. The largest absolute Gasteiger partial charge is 0.360 e. The first kappa shape index (κ1) is 18.7. The summed E-state index contributed by atoms with van der Waals surface area (Å²) in [7, 11) is 0. The second-order valence-electron chi connectivity index (χ2n) is 7.25. The molecule has 31 heavy (non-hydrogen) atoms. The number of rotatable bonds is 5. The van der Waals surface area contributed by atoms with Gasteiger partial charge in [-0.05, 0) is 36.1 Å². The monoisotopic (exact) mass is 408 g/mol. The van der Waals surface area contributed by atoms with Gasteiger partial charge in [-0.25, -0.2) is 15.0 Å². The summed E-state index contributed by atoms with van der Waals surface area (Å²) in [6, 6.07) is 17.2. The lowest BCUT2D eigenvalue weighted by atomic mass is 10.0. The Kier molecular flexibility index (Phi) is 4.55. The Labute approximate surface area is 178 Å². The maximum Gasteiger partial charge on any atom is 0.263 e. The van der Waals surface area contributed by atoms with E-state index in [1.165, 1.54) is 6.33 Å². The van der Waals surface area contributed by atoms with Gasteiger partial charge in [-0.3, -0.25) is 9.36 Å². The molecule has 0 spiro atoms. The summed E-state index contributed by atoms with van der Waals surface area (Å²) in [5.41, 5.74) is 3.64. The third-order valence-electron chi connectivity index (χ3n) is 5.36. The minimum absolute atomic E-state index is 0.0875. The second-order valence-corrected chi connectivity index (χ2v) is 7.25. The van der Waals surface area contributed by atoms with Gasteiger partial charge < -0.3 is 10.3 Å². The Balaban J connectivity index is 1.73. The van der Waals surface area contributed by atoms with E-state index in [9.17, 15) is 4.79 Å². The lowest BCUT2D eigenvalue weighted by molar-refractivity contribution is 0.774. The van der Waals surface area contributed by atoms with Gasteiger partial charge in [0.2, 0.25) is 0 Å². The molecule has 0 saturated carbocycles. The third-order valence-corrected chi connectivity index (χ3v) is 5.36. The summed E-state index contributed by atoms with van der Waals surface area (Å²) in [5.74, 6) is 0.603. The summed E-state index contributed by atoms with van der Waals surface area (Å²) in [6.07, 6.45) is 4.79. The molecule has 0 radical (unpaired) electrons. The minimum atomic E-state index is -0.237. The number of H-pyrrole nitrogens is 1. The van der Waals surface area contributed by atoms with Crippen LogP contribution in [0.5, 0.6) is 0 Å². The van der Waals surface area contributed by atoms with E-state index in [0.717, 1.165) is 22.3 Å². The van der Waals surface area contributed by atoms with E-state index in [2.05, 4.69) is 31.8 Å². The zero-order valence-corrected chi connectivity index (χ0v) is 16.9. The van der Waals surface area contributed by atoms with Crippen molar-refractivity contribution in [2.45, 2.75) is 13.0 Å². The molecule has 3 heterocycles. The summed E-state index contributed by atoms with van der Waals surface area (Å²) >= 11 is 0. The predicted octanol–water partition coefficient (Wildman–Crippen LogP) is 4.47. The molecule has 1 atom stereocenters. The van der Waals surface area contributed by atoms with Crippen LogP contribution in [0.3, 0.4) is 0 Å². The lowest BCUT2D eigenvalue weighted by Crippen LogP contribution is -2.26. The van der Waals surface area contributed by atoms with Crippen molar-refractivity contribution < 1.29 is 0 Å². The van der Waals surface area contributed by atoms with Gasteiger partial charge in [0, 0.05) is 11.4 Å². The molecule has 2 aromatic carbocycles. The van der Waals surface area contributed by atoms with Gasteiger partial charge in [0.25, 0.3) is 5.56 Å². The smallest absolute Gasteiger partial charge is 0.263 e. The van der Waals surface area contributed by atoms with Crippen molar-refractivity contribution in [1.82, 2.24) is 24.5 Å². The normalized spacial score (nSPS) is 12.2. The molecule has 7 nitrogen and oxygen atoms in total. The SMILES string of the molecule is C=Cc1cccc2cc(C(C)Nc3ncnc4[nH]cnc34)n(-c3ccccc3)c(=O)c12. The quantitative estimate of drug-likeness (QED) is 0.448. The van der Waals surface area contributed by atoms with Crippen LogP contribution in [0.1, 0.15) is 24.2 Å². The number of nitrogens with zero attached hydrogens (tertiary/aromatic N) is 4. The van der Waals surface area contributed by atoms with Crippen LogP contribution in [0, 0.1) is 0 Å². The number of nitrogens with one attached hydrogen (secondary N) is 2. The van der Waals surface area contributed by atoms with Crippen LogP contribution in [-0.2, 0) is 0 Å². The van der Waals surface area contributed by atoms with Crippen LogP contribution in [-0.4, -0.2) is 24.5 Å². The van der Waals surface area contributed by atoms with Gasteiger partial charge in [-0.1, -0.05) is 49.1 Å². The number of aromatic amines is 1. The van der Waals surface area contributed by atoms with Crippen LogP contribution in [0.4, 0.5) is 5.82 Å². The molecule has 0 aliphatic rings. The van der Waals surface area contributed by atoms with E-state index in [1.54, 1.807) is 17.0 Å². The van der Waals surface area contributed by atoms with E-state index < -0.39 is 0 Å². The number of para-hydroxylation sites is 1. The van der Waals surface area contributed by atoms with E-state index in [0.29, 0.717) is 22.4 Å². The summed E-state index contributed by atoms with van der Waals surface area (Å²) in [6.45, 7) is 5.88. The van der Waals surface area contributed by atoms with Crippen LogP contribution in [0.25, 0.3) is 33.7 Å². The highest BCUT2D eigenvalue weighted by Gasteiger charge is 2.19. The van der Waals surface area contributed by atoms with Crippen LogP contribution in [0.15, 0.2) is 78.6 Å². The van der Waals surface area contributed by atoms with Gasteiger partial charge in [-0.15, -0.1) is 0 Å². The predicted molar refractivity (Wildman–Crippen MR) is 123 cm³/mol. The topological polar surface area (TPSA) is 88.5 Å². The highest BCUT2D eigenvalue weighted by atomic mass is 16.1. The van der Waals surface area contributed by atoms with Crippen LogP contribution >= 0.6 is 0 Å². The molecule has 2 N–H and O–H groups in total. The van der Waals surface area contributed by atoms with Crippen LogP contribution < -0.4 is 10.9 Å². The number of anilines is 1. The molecule has 0 aliphatic carbocycles. The molecule has 3 aromatic heterocycles. The summed E-state index contributed by atoms with van der Waals surface area (Å²) in [5, 5.41) is 4.92. The van der Waals surface area contributed by atoms with Crippen molar-refractivity contribution in [1.29, 1.82) is 0 Å². The van der Waals surface area contributed by atoms with Gasteiger partial charge in [0.15, 0.2) is 11.5 Å². The molecule has 152 valence electrons. The molecule has 0 amide bonds. The van der Waals surface area contributed by atoms with Crippen molar-refractivity contribution >= 4 is 33.8 Å². The highest BCUT2D eigenvalue weighted by molar-refractivity contribution is 5.90. The van der Waals surface area contributed by atoms with E-state index in [4.69, 9.17) is 0 Å². The van der Waals surface area contributed by atoms with Gasteiger partial charge in [0.1, 0.15) is 11.8 Å². The number of benzene rings is 2. The lowest BCUT2D eigenvalue weighted by Gasteiger charge is -2.21. The molecule has 0 aliphatic heterocycles. The summed E-state index contributed by atoms with van der Waals surface area (Å²) in [4.78, 5) is 29.5. The van der Waals surface area contributed by atoms with Crippen molar-refractivity contribution in [2.75, 3.05) is 5.32 Å². The Bertz CT molecular complexity index is 1470. The number of hydrogen-bond acceptors (Lipinski definition) is 5. The molecule has 5 rings (SSSR count). The molecule has 0 saturated heterocycles. The van der Waals surface area contributed by atoms with Crippen molar-refractivity contribution in [2.24, 2.45) is 0 Å². The van der Waals surface area contributed by atoms with E-state index in [1.807, 2.05) is 61.5 Å². The standard InChI is InChI=1S/C24H20N6O/c1-3-16-8-7-9-17-12-19(30(24(31)20(16)17)18-10-5-4-6-11-18)15(2)29-23-21-22(26-13-25-21)27-14-28-23/h3-15H,1H2,2H3,(H2,25,26,27,28,29). The number of hydrogen-bond donors (Lipinski definition) is 2. The van der Waals surface area contributed by atoms with Crippen molar-refractivity contribution in [3.8, 4) is 5.69 Å². The Morgan fingerprint density at radius 3 is 2.74 bits per heavy atom. The zero-order chi connectivity index (χ0) is 21.4. The first-order valence-electron chi connectivity index (χ1n) is 9.94. The maximum absolute atomic E-state index is 13.7. The average Bonchev–Trinajstić information content (AvgIpc) is 3.29. The van der Waals surface area contributed by atoms with Crippen LogP contribution in [0.2, 0.25) is 0 Å². The molecule has 0 fully saturated rings. The van der Waals surface area contributed by atoms with Gasteiger partial charge in [0.05, 0.1) is 17.8 Å². The first-order valence-corrected chi connectivity index (χ1v) is 9.94. The molecule has 5 aromatic rings. The zero-order valence-electron chi connectivity index (χ0n) is 16.9. The molecule has 7 heteroatoms. The van der Waals surface area contributed by atoms with E-state index in [-0.39, 0.29) is 11.6 Å². The fourth-order valence-corrected chi connectivity index (χ4v) is 3.89. The average molecular weight is 408 g/mol.